The van der Waals surface area contributed by atoms with E-state index in [0.29, 0.717) is 11.3 Å². The van der Waals surface area contributed by atoms with Gasteiger partial charge in [0.1, 0.15) is 0 Å². The monoisotopic (exact) mass is 255 g/mol. The van der Waals surface area contributed by atoms with E-state index in [2.05, 4.69) is 0 Å². The molecule has 0 fully saturated rings. The molecule has 1 aromatic rings. The van der Waals surface area contributed by atoms with Crippen molar-refractivity contribution in [2.24, 2.45) is 5.73 Å². The maximum atomic E-state index is 12.1. The maximum absolute atomic E-state index is 12.1. The average Bonchev–Trinajstić information content (AvgIpc) is 2.24. The number of aryl methyl sites for hydroxylation is 1. The molecular weight excluding hydrogens is 234 g/mol. The molecule has 3 nitrogen and oxygen atoms in total. The zero-order valence-corrected chi connectivity index (χ0v) is 11.3. The molecule has 0 aliphatic heterocycles. The van der Waals surface area contributed by atoms with Crippen molar-refractivity contribution in [3.63, 3.8) is 0 Å². The molecule has 0 amide bonds. The minimum Gasteiger partial charge on any atom is -0.328 e. The molecule has 0 spiro atoms. The number of unbranched alkanes of at least 4 members (excludes halogenated alkanes) is 1. The number of benzene rings is 1. The van der Waals surface area contributed by atoms with E-state index in [4.69, 9.17) is 5.73 Å². The van der Waals surface area contributed by atoms with Gasteiger partial charge < -0.3 is 5.73 Å². The van der Waals surface area contributed by atoms with Crippen LogP contribution in [-0.2, 0) is 9.84 Å². The average molecular weight is 255 g/mol. The van der Waals surface area contributed by atoms with Crippen molar-refractivity contribution in [2.45, 2.75) is 44.0 Å². The van der Waals surface area contributed by atoms with Gasteiger partial charge in [-0.25, -0.2) is 8.42 Å². The molecule has 0 saturated carbocycles. The Morgan fingerprint density at radius 1 is 1.24 bits per heavy atom. The summed E-state index contributed by atoms with van der Waals surface area (Å²) in [5.74, 6) is 0.213. The van der Waals surface area contributed by atoms with Gasteiger partial charge in [0.05, 0.1) is 10.6 Å². The molecule has 1 rings (SSSR count). The lowest BCUT2D eigenvalue weighted by Crippen LogP contribution is -2.15. The summed E-state index contributed by atoms with van der Waals surface area (Å²) in [6.07, 6.45) is 2.42. The highest BCUT2D eigenvalue weighted by atomic mass is 32.2. The van der Waals surface area contributed by atoms with Gasteiger partial charge in [0.25, 0.3) is 0 Å². The molecule has 96 valence electrons. The van der Waals surface area contributed by atoms with E-state index >= 15 is 0 Å². The predicted molar refractivity (Wildman–Crippen MR) is 70.7 cm³/mol. The first-order chi connectivity index (χ1) is 7.93. The molecule has 0 radical (unpaired) electrons. The van der Waals surface area contributed by atoms with Crippen LogP contribution in [0.25, 0.3) is 0 Å². The van der Waals surface area contributed by atoms with Crippen molar-refractivity contribution in [1.29, 1.82) is 0 Å². The molecule has 17 heavy (non-hydrogen) atoms. The third-order valence-electron chi connectivity index (χ3n) is 2.75. The van der Waals surface area contributed by atoms with E-state index in [-0.39, 0.29) is 11.8 Å². The number of hydrogen-bond donors (Lipinski definition) is 1. The van der Waals surface area contributed by atoms with Crippen LogP contribution in [0.15, 0.2) is 29.2 Å². The lowest BCUT2D eigenvalue weighted by Gasteiger charge is -2.08. The van der Waals surface area contributed by atoms with Gasteiger partial charge in [-0.3, -0.25) is 0 Å². The van der Waals surface area contributed by atoms with Gasteiger partial charge in [-0.05, 0) is 38.3 Å². The van der Waals surface area contributed by atoms with Gasteiger partial charge in [0.15, 0.2) is 9.84 Å². The minimum atomic E-state index is -3.13. The quantitative estimate of drug-likeness (QED) is 0.793. The lowest BCUT2D eigenvalue weighted by atomic mass is 10.2. The molecule has 0 saturated heterocycles. The van der Waals surface area contributed by atoms with Crippen molar-refractivity contribution < 1.29 is 8.42 Å². The van der Waals surface area contributed by atoms with Crippen molar-refractivity contribution in [2.75, 3.05) is 5.75 Å². The van der Waals surface area contributed by atoms with Gasteiger partial charge >= 0.3 is 0 Å². The molecule has 0 heterocycles. The van der Waals surface area contributed by atoms with E-state index in [1.165, 1.54) is 0 Å². The summed E-state index contributed by atoms with van der Waals surface area (Å²) in [6, 6.07) is 7.27. The highest BCUT2D eigenvalue weighted by Crippen LogP contribution is 2.17. The smallest absolute Gasteiger partial charge is 0.178 e. The zero-order valence-electron chi connectivity index (χ0n) is 10.5. The number of hydrogen-bond acceptors (Lipinski definition) is 3. The Morgan fingerprint density at radius 2 is 1.88 bits per heavy atom. The second-order valence-corrected chi connectivity index (χ2v) is 6.64. The summed E-state index contributed by atoms with van der Waals surface area (Å²) in [7, 11) is -3.13. The Kier molecular flexibility index (Phi) is 5.15. The molecule has 1 unspecified atom stereocenters. The van der Waals surface area contributed by atoms with Crippen LogP contribution in [0.4, 0.5) is 0 Å². The minimum absolute atomic E-state index is 0.149. The van der Waals surface area contributed by atoms with Gasteiger partial charge in [0, 0.05) is 6.04 Å². The summed E-state index contributed by atoms with van der Waals surface area (Å²) in [5, 5.41) is 0. The first-order valence-electron chi connectivity index (χ1n) is 5.97. The third-order valence-corrected chi connectivity index (χ3v) is 4.71. The topological polar surface area (TPSA) is 60.2 Å². The summed E-state index contributed by atoms with van der Waals surface area (Å²) in [5.41, 5.74) is 6.45. The van der Waals surface area contributed by atoms with Gasteiger partial charge in [0.2, 0.25) is 0 Å². The molecule has 1 atom stereocenters. The lowest BCUT2D eigenvalue weighted by molar-refractivity contribution is 0.580. The van der Waals surface area contributed by atoms with Crippen molar-refractivity contribution >= 4 is 9.84 Å². The molecule has 2 N–H and O–H groups in total. The first-order valence-corrected chi connectivity index (χ1v) is 7.62. The van der Waals surface area contributed by atoms with Crippen molar-refractivity contribution in [1.82, 2.24) is 0 Å². The number of rotatable bonds is 6. The standard InChI is InChI=1S/C13H21NO2S/c1-11-7-3-4-9-13(11)17(15,16)10-6-5-8-12(2)14/h3-4,7,9,12H,5-6,8,10,14H2,1-2H3. The van der Waals surface area contributed by atoms with Crippen LogP contribution < -0.4 is 5.73 Å². The Hall–Kier alpha value is -0.870. The molecule has 1 aromatic carbocycles. The molecule has 0 aliphatic rings. The highest BCUT2D eigenvalue weighted by Gasteiger charge is 2.15. The van der Waals surface area contributed by atoms with Gasteiger partial charge in [-0.1, -0.05) is 24.6 Å². The fourth-order valence-electron chi connectivity index (χ4n) is 1.77. The fourth-order valence-corrected chi connectivity index (χ4v) is 3.42. The normalized spacial score (nSPS) is 13.6. The Bertz CT molecular complexity index is 452. The van der Waals surface area contributed by atoms with Gasteiger partial charge in [-0.2, -0.15) is 0 Å². The molecule has 0 aliphatic carbocycles. The summed E-state index contributed by atoms with van der Waals surface area (Å²) >= 11 is 0. The molecule has 0 bridgehead atoms. The maximum Gasteiger partial charge on any atom is 0.178 e. The van der Waals surface area contributed by atoms with E-state index in [1.807, 2.05) is 26.0 Å². The van der Waals surface area contributed by atoms with Crippen LogP contribution in [-0.4, -0.2) is 20.2 Å². The van der Waals surface area contributed by atoms with Crippen LogP contribution in [0.3, 0.4) is 0 Å². The number of sulfone groups is 1. The predicted octanol–water partition coefficient (Wildman–Crippen LogP) is 2.29. The largest absolute Gasteiger partial charge is 0.328 e. The molecular formula is C13H21NO2S. The Labute approximate surface area is 104 Å². The molecule has 0 aromatic heterocycles. The van der Waals surface area contributed by atoms with E-state index in [1.54, 1.807) is 12.1 Å². The van der Waals surface area contributed by atoms with Crippen LogP contribution in [0.2, 0.25) is 0 Å². The van der Waals surface area contributed by atoms with E-state index in [0.717, 1.165) is 18.4 Å². The van der Waals surface area contributed by atoms with Crippen molar-refractivity contribution in [3.05, 3.63) is 29.8 Å². The second-order valence-electron chi connectivity index (χ2n) is 4.56. The van der Waals surface area contributed by atoms with Crippen LogP contribution in [0.5, 0.6) is 0 Å². The Morgan fingerprint density at radius 3 is 2.47 bits per heavy atom. The summed E-state index contributed by atoms with van der Waals surface area (Å²) < 4.78 is 24.1. The second kappa shape index (κ2) is 6.17. The zero-order chi connectivity index (χ0) is 12.9. The van der Waals surface area contributed by atoms with Crippen LogP contribution >= 0.6 is 0 Å². The number of nitrogens with two attached hydrogens (primary N) is 1. The Balaban J connectivity index is 2.61. The van der Waals surface area contributed by atoms with Crippen LogP contribution in [0.1, 0.15) is 31.7 Å². The fraction of sp³-hybridized carbons (Fsp3) is 0.538. The van der Waals surface area contributed by atoms with Crippen LogP contribution in [0, 0.1) is 6.92 Å². The SMILES string of the molecule is Cc1ccccc1S(=O)(=O)CCCCC(C)N. The van der Waals surface area contributed by atoms with E-state index < -0.39 is 9.84 Å². The van der Waals surface area contributed by atoms with Crippen molar-refractivity contribution in [3.8, 4) is 0 Å². The summed E-state index contributed by atoms with van der Waals surface area (Å²) in [4.78, 5) is 0.459. The highest BCUT2D eigenvalue weighted by molar-refractivity contribution is 7.91. The first kappa shape index (κ1) is 14.2. The van der Waals surface area contributed by atoms with E-state index in [9.17, 15) is 8.42 Å². The summed E-state index contributed by atoms with van der Waals surface area (Å²) in [6.45, 7) is 3.77. The van der Waals surface area contributed by atoms with Gasteiger partial charge in [-0.15, -0.1) is 0 Å². The third kappa shape index (κ3) is 4.48. The molecule has 4 heteroatoms.